The molecule has 0 heteroatoms. The predicted octanol–water partition coefficient (Wildman–Crippen LogP) is 6.62. The lowest BCUT2D eigenvalue weighted by molar-refractivity contribution is 0.377. The van der Waals surface area contributed by atoms with Crippen LogP contribution in [0.25, 0.3) is 0 Å². The molecule has 0 radical (unpaired) electrons. The number of hydrogen-bond donors (Lipinski definition) is 0. The van der Waals surface area contributed by atoms with Gasteiger partial charge in [0.1, 0.15) is 0 Å². The standard InChI is InChI=1S/C20H32/c1-16(2)8-6-9-17(3)10-7-11-19(5)20-14-12-18(4)13-15-20/h8,10,12,14,19-20H,4,6-7,9,11,13,15H2,1-3,5H3/b17-10+. The first-order valence-electron chi connectivity index (χ1n) is 8.14. The van der Waals surface area contributed by atoms with Crippen LogP contribution in [0.2, 0.25) is 0 Å². The topological polar surface area (TPSA) is 0 Å². The molecule has 0 heterocycles. The normalized spacial score (nSPS) is 20.9. The molecule has 0 nitrogen and oxygen atoms in total. The highest BCUT2D eigenvalue weighted by Gasteiger charge is 2.16. The third kappa shape index (κ3) is 6.93. The van der Waals surface area contributed by atoms with Crippen molar-refractivity contribution in [1.29, 1.82) is 0 Å². The van der Waals surface area contributed by atoms with Crippen molar-refractivity contribution >= 4 is 0 Å². The van der Waals surface area contributed by atoms with E-state index in [0.717, 1.165) is 11.8 Å². The van der Waals surface area contributed by atoms with Crippen LogP contribution in [-0.2, 0) is 0 Å². The smallest absolute Gasteiger partial charge is 0.0201 e. The summed E-state index contributed by atoms with van der Waals surface area (Å²) in [5.74, 6) is 1.56. The summed E-state index contributed by atoms with van der Waals surface area (Å²) in [7, 11) is 0. The Morgan fingerprint density at radius 2 is 2.05 bits per heavy atom. The first-order valence-corrected chi connectivity index (χ1v) is 8.14. The number of rotatable bonds is 7. The lowest BCUT2D eigenvalue weighted by Gasteiger charge is -2.23. The van der Waals surface area contributed by atoms with Gasteiger partial charge >= 0.3 is 0 Å². The fourth-order valence-corrected chi connectivity index (χ4v) is 2.76. The average molecular weight is 272 g/mol. The summed E-state index contributed by atoms with van der Waals surface area (Å²) >= 11 is 0. The van der Waals surface area contributed by atoms with Crippen molar-refractivity contribution in [2.24, 2.45) is 11.8 Å². The third-order valence-corrected chi connectivity index (χ3v) is 4.31. The number of allylic oxidation sites excluding steroid dienone is 7. The van der Waals surface area contributed by atoms with Gasteiger partial charge in [-0.2, -0.15) is 0 Å². The van der Waals surface area contributed by atoms with Crippen LogP contribution in [0.3, 0.4) is 0 Å². The first kappa shape index (κ1) is 17.0. The van der Waals surface area contributed by atoms with E-state index >= 15 is 0 Å². The molecule has 112 valence electrons. The van der Waals surface area contributed by atoms with Crippen molar-refractivity contribution in [2.75, 3.05) is 0 Å². The van der Waals surface area contributed by atoms with Gasteiger partial charge in [0, 0.05) is 0 Å². The molecule has 0 saturated carbocycles. The predicted molar refractivity (Wildman–Crippen MR) is 91.8 cm³/mol. The van der Waals surface area contributed by atoms with Crippen molar-refractivity contribution in [3.63, 3.8) is 0 Å². The van der Waals surface area contributed by atoms with Gasteiger partial charge in [-0.25, -0.2) is 0 Å². The van der Waals surface area contributed by atoms with Crippen molar-refractivity contribution < 1.29 is 0 Å². The van der Waals surface area contributed by atoms with E-state index in [1.807, 2.05) is 0 Å². The lowest BCUT2D eigenvalue weighted by Crippen LogP contribution is -2.12. The van der Waals surface area contributed by atoms with E-state index < -0.39 is 0 Å². The van der Waals surface area contributed by atoms with Crippen LogP contribution >= 0.6 is 0 Å². The van der Waals surface area contributed by atoms with Gasteiger partial charge in [0.2, 0.25) is 0 Å². The summed E-state index contributed by atoms with van der Waals surface area (Å²) in [5, 5.41) is 0. The molecule has 20 heavy (non-hydrogen) atoms. The minimum Gasteiger partial charge on any atom is -0.0958 e. The van der Waals surface area contributed by atoms with Crippen LogP contribution in [0.1, 0.15) is 66.2 Å². The Labute approximate surface area is 126 Å². The lowest BCUT2D eigenvalue weighted by atomic mass is 9.82. The van der Waals surface area contributed by atoms with Crippen LogP contribution in [0.15, 0.2) is 47.6 Å². The van der Waals surface area contributed by atoms with Crippen molar-refractivity contribution in [2.45, 2.75) is 66.2 Å². The fraction of sp³-hybridized carbons (Fsp3) is 0.600. The van der Waals surface area contributed by atoms with Crippen molar-refractivity contribution in [3.8, 4) is 0 Å². The summed E-state index contributed by atoms with van der Waals surface area (Å²) in [6, 6.07) is 0. The highest BCUT2D eigenvalue weighted by molar-refractivity contribution is 5.19. The molecule has 2 unspecified atom stereocenters. The van der Waals surface area contributed by atoms with E-state index in [1.165, 1.54) is 49.7 Å². The van der Waals surface area contributed by atoms with E-state index in [9.17, 15) is 0 Å². The maximum atomic E-state index is 4.03. The molecule has 0 N–H and O–H groups in total. The largest absolute Gasteiger partial charge is 0.0958 e. The zero-order valence-corrected chi connectivity index (χ0v) is 13.9. The van der Waals surface area contributed by atoms with E-state index in [1.54, 1.807) is 5.57 Å². The summed E-state index contributed by atoms with van der Waals surface area (Å²) in [6.07, 6.45) is 16.8. The molecule has 0 bridgehead atoms. The Bertz CT molecular complexity index is 388. The Morgan fingerprint density at radius 1 is 1.30 bits per heavy atom. The van der Waals surface area contributed by atoms with Crippen LogP contribution in [-0.4, -0.2) is 0 Å². The van der Waals surface area contributed by atoms with Gasteiger partial charge in [-0.05, 0) is 71.1 Å². The highest BCUT2D eigenvalue weighted by Crippen LogP contribution is 2.29. The van der Waals surface area contributed by atoms with Crippen LogP contribution in [0, 0.1) is 11.8 Å². The quantitative estimate of drug-likeness (QED) is 0.457. The van der Waals surface area contributed by atoms with Crippen LogP contribution in [0.5, 0.6) is 0 Å². The second-order valence-electron chi connectivity index (χ2n) is 6.65. The Morgan fingerprint density at radius 3 is 2.65 bits per heavy atom. The maximum Gasteiger partial charge on any atom is -0.0201 e. The zero-order valence-electron chi connectivity index (χ0n) is 13.9. The maximum absolute atomic E-state index is 4.03. The van der Waals surface area contributed by atoms with E-state index in [-0.39, 0.29) is 0 Å². The molecule has 0 spiro atoms. The van der Waals surface area contributed by atoms with Crippen LogP contribution < -0.4 is 0 Å². The monoisotopic (exact) mass is 272 g/mol. The molecule has 0 aromatic heterocycles. The molecule has 0 aliphatic heterocycles. The SMILES string of the molecule is C=C1C=CC(C(C)CC/C=C(\C)CCC=C(C)C)CC1. The minimum atomic E-state index is 0.764. The van der Waals surface area contributed by atoms with Gasteiger partial charge in [-0.1, -0.05) is 54.5 Å². The molecule has 1 aliphatic rings. The molecule has 1 aliphatic carbocycles. The zero-order chi connectivity index (χ0) is 15.0. The van der Waals surface area contributed by atoms with Crippen molar-refractivity contribution in [3.05, 3.63) is 47.6 Å². The van der Waals surface area contributed by atoms with E-state index in [0.29, 0.717) is 0 Å². The van der Waals surface area contributed by atoms with Gasteiger partial charge in [0.15, 0.2) is 0 Å². The molecule has 0 fully saturated rings. The second-order valence-corrected chi connectivity index (χ2v) is 6.65. The Hall–Kier alpha value is -1.04. The van der Waals surface area contributed by atoms with Gasteiger partial charge in [0.25, 0.3) is 0 Å². The summed E-state index contributed by atoms with van der Waals surface area (Å²) in [6.45, 7) is 13.1. The van der Waals surface area contributed by atoms with Gasteiger partial charge in [-0.3, -0.25) is 0 Å². The molecule has 0 aromatic carbocycles. The average Bonchev–Trinajstić information content (AvgIpc) is 2.39. The molecular formula is C20H32. The van der Waals surface area contributed by atoms with Gasteiger partial charge in [-0.15, -0.1) is 0 Å². The summed E-state index contributed by atoms with van der Waals surface area (Å²) < 4.78 is 0. The molecule has 0 amide bonds. The minimum absolute atomic E-state index is 0.764. The number of hydrogen-bond acceptors (Lipinski definition) is 0. The Kier molecular flexibility index (Phi) is 7.65. The first-order chi connectivity index (χ1) is 9.49. The van der Waals surface area contributed by atoms with Gasteiger partial charge < -0.3 is 0 Å². The molecule has 1 rings (SSSR count). The highest BCUT2D eigenvalue weighted by atomic mass is 14.2. The van der Waals surface area contributed by atoms with Crippen LogP contribution in [0.4, 0.5) is 0 Å². The Balaban J connectivity index is 2.27. The van der Waals surface area contributed by atoms with E-state index in [2.05, 4.69) is 58.6 Å². The molecule has 0 aromatic rings. The van der Waals surface area contributed by atoms with E-state index in [4.69, 9.17) is 0 Å². The fourth-order valence-electron chi connectivity index (χ4n) is 2.76. The molecule has 0 saturated heterocycles. The third-order valence-electron chi connectivity index (χ3n) is 4.31. The summed E-state index contributed by atoms with van der Waals surface area (Å²) in [5.41, 5.74) is 4.27. The molecular weight excluding hydrogens is 240 g/mol. The molecule has 2 atom stereocenters. The second kappa shape index (κ2) is 9.00. The van der Waals surface area contributed by atoms with Crippen molar-refractivity contribution in [1.82, 2.24) is 0 Å². The van der Waals surface area contributed by atoms with Gasteiger partial charge in [0.05, 0.1) is 0 Å². The summed E-state index contributed by atoms with van der Waals surface area (Å²) in [4.78, 5) is 0.